The van der Waals surface area contributed by atoms with Crippen molar-refractivity contribution in [2.24, 2.45) is 5.92 Å². The van der Waals surface area contributed by atoms with Crippen LogP contribution in [0.15, 0.2) is 18.2 Å². The Morgan fingerprint density at radius 3 is 2.23 bits per heavy atom. The van der Waals surface area contributed by atoms with Crippen LogP contribution in [0.1, 0.15) is 61.4 Å². The minimum Gasteiger partial charge on any atom is -0.496 e. The van der Waals surface area contributed by atoms with Gasteiger partial charge in [-0.05, 0) is 36.5 Å². The smallest absolute Gasteiger partial charge is 0.257 e. The summed E-state index contributed by atoms with van der Waals surface area (Å²) >= 11 is 0. The van der Waals surface area contributed by atoms with E-state index in [-0.39, 0.29) is 17.7 Å². The fourth-order valence-corrected chi connectivity index (χ4v) is 3.97. The van der Waals surface area contributed by atoms with E-state index < -0.39 is 0 Å². The number of amides is 2. The van der Waals surface area contributed by atoms with Gasteiger partial charge in [-0.25, -0.2) is 0 Å². The van der Waals surface area contributed by atoms with E-state index >= 15 is 0 Å². The summed E-state index contributed by atoms with van der Waals surface area (Å²) in [5.74, 6) is 1.50. The zero-order valence-electron chi connectivity index (χ0n) is 16.2. The molecule has 1 saturated heterocycles. The monoisotopic (exact) mass is 358 g/mol. The highest BCUT2D eigenvalue weighted by Gasteiger charge is 2.31. The summed E-state index contributed by atoms with van der Waals surface area (Å²) in [7, 11) is 1.61. The lowest BCUT2D eigenvalue weighted by atomic mass is 10.00. The van der Waals surface area contributed by atoms with Crippen molar-refractivity contribution in [3.05, 3.63) is 29.3 Å². The molecule has 1 saturated carbocycles. The third-order valence-corrected chi connectivity index (χ3v) is 5.71. The molecule has 2 fully saturated rings. The lowest BCUT2D eigenvalue weighted by Gasteiger charge is -2.36. The summed E-state index contributed by atoms with van der Waals surface area (Å²) in [6.07, 6.45) is 4.39. The largest absolute Gasteiger partial charge is 0.496 e. The summed E-state index contributed by atoms with van der Waals surface area (Å²) < 4.78 is 5.46. The van der Waals surface area contributed by atoms with Gasteiger partial charge in [-0.3, -0.25) is 9.59 Å². The minimum absolute atomic E-state index is 0.00915. The van der Waals surface area contributed by atoms with E-state index in [4.69, 9.17) is 4.74 Å². The fraction of sp³-hybridized carbons (Fsp3) is 0.619. The SMILES string of the molecule is COc1cc(C(C)C)ccc1C(=O)N1CCN(C(=O)C2CCCC2)CC1. The first-order chi connectivity index (χ1) is 12.5. The molecule has 1 aliphatic heterocycles. The number of benzene rings is 1. The average Bonchev–Trinajstić information content (AvgIpc) is 3.21. The van der Waals surface area contributed by atoms with E-state index in [9.17, 15) is 9.59 Å². The number of methoxy groups -OCH3 is 1. The highest BCUT2D eigenvalue weighted by molar-refractivity contribution is 5.97. The molecule has 0 radical (unpaired) electrons. The van der Waals surface area contributed by atoms with Gasteiger partial charge in [-0.15, -0.1) is 0 Å². The van der Waals surface area contributed by atoms with Gasteiger partial charge in [-0.2, -0.15) is 0 Å². The second kappa shape index (κ2) is 8.11. The molecule has 2 amide bonds. The van der Waals surface area contributed by atoms with Crippen LogP contribution in [-0.2, 0) is 4.79 Å². The van der Waals surface area contributed by atoms with Crippen LogP contribution in [0.5, 0.6) is 5.75 Å². The average molecular weight is 358 g/mol. The Balaban J connectivity index is 1.64. The molecule has 0 unspecified atom stereocenters. The third kappa shape index (κ3) is 3.87. The van der Waals surface area contributed by atoms with Gasteiger partial charge < -0.3 is 14.5 Å². The maximum absolute atomic E-state index is 12.9. The first kappa shape index (κ1) is 18.7. The van der Waals surface area contributed by atoms with E-state index in [1.165, 1.54) is 12.8 Å². The lowest BCUT2D eigenvalue weighted by molar-refractivity contribution is -0.136. The molecule has 5 nitrogen and oxygen atoms in total. The van der Waals surface area contributed by atoms with Gasteiger partial charge in [0.25, 0.3) is 5.91 Å². The standard InChI is InChI=1S/C21H30N2O3/c1-15(2)17-8-9-18(19(14-17)26-3)21(25)23-12-10-22(11-13-23)20(24)16-6-4-5-7-16/h8-9,14-16H,4-7,10-13H2,1-3H3. The maximum Gasteiger partial charge on any atom is 0.257 e. The summed E-state index contributed by atoms with van der Waals surface area (Å²) in [6.45, 7) is 6.69. The van der Waals surface area contributed by atoms with Crippen LogP contribution < -0.4 is 4.74 Å². The molecule has 0 atom stereocenters. The van der Waals surface area contributed by atoms with E-state index in [2.05, 4.69) is 13.8 Å². The van der Waals surface area contributed by atoms with Gasteiger partial charge in [0.05, 0.1) is 12.7 Å². The summed E-state index contributed by atoms with van der Waals surface area (Å²) in [6, 6.07) is 5.82. The lowest BCUT2D eigenvalue weighted by Crippen LogP contribution is -2.51. The van der Waals surface area contributed by atoms with Crippen molar-refractivity contribution in [1.82, 2.24) is 9.80 Å². The molecule has 3 rings (SSSR count). The highest BCUT2D eigenvalue weighted by atomic mass is 16.5. The van der Waals surface area contributed by atoms with Crippen LogP contribution in [0.25, 0.3) is 0 Å². The van der Waals surface area contributed by atoms with Gasteiger partial charge in [0.15, 0.2) is 0 Å². The molecular formula is C21H30N2O3. The number of hydrogen-bond acceptors (Lipinski definition) is 3. The van der Waals surface area contributed by atoms with Crippen LogP contribution in [0, 0.1) is 5.92 Å². The van der Waals surface area contributed by atoms with Gasteiger partial charge in [0.2, 0.25) is 5.91 Å². The number of hydrogen-bond donors (Lipinski definition) is 0. The summed E-state index contributed by atoms with van der Waals surface area (Å²) in [5.41, 5.74) is 1.76. The Kier molecular flexibility index (Phi) is 5.84. The van der Waals surface area contributed by atoms with Crippen LogP contribution in [0.2, 0.25) is 0 Å². The van der Waals surface area contributed by atoms with Crippen LogP contribution in [0.3, 0.4) is 0 Å². The molecule has 5 heteroatoms. The molecule has 0 spiro atoms. The van der Waals surface area contributed by atoms with Crippen molar-refractivity contribution in [3.8, 4) is 5.75 Å². The van der Waals surface area contributed by atoms with Gasteiger partial charge in [0.1, 0.15) is 5.75 Å². The maximum atomic E-state index is 12.9. The van der Waals surface area contributed by atoms with E-state index in [0.717, 1.165) is 18.4 Å². The number of rotatable bonds is 4. The van der Waals surface area contributed by atoms with Crippen molar-refractivity contribution in [1.29, 1.82) is 0 Å². The number of carbonyl (C=O) groups excluding carboxylic acids is 2. The molecule has 0 bridgehead atoms. The van der Waals surface area contributed by atoms with Crippen molar-refractivity contribution in [3.63, 3.8) is 0 Å². The Morgan fingerprint density at radius 1 is 1.04 bits per heavy atom. The number of carbonyl (C=O) groups is 2. The summed E-state index contributed by atoms with van der Waals surface area (Å²) in [4.78, 5) is 29.3. The van der Waals surface area contributed by atoms with Crippen LogP contribution >= 0.6 is 0 Å². The molecule has 1 aromatic rings. The van der Waals surface area contributed by atoms with Gasteiger partial charge in [-0.1, -0.05) is 32.8 Å². The predicted molar refractivity (Wildman–Crippen MR) is 102 cm³/mol. The van der Waals surface area contributed by atoms with Crippen molar-refractivity contribution in [2.45, 2.75) is 45.4 Å². The van der Waals surface area contributed by atoms with Crippen LogP contribution in [-0.4, -0.2) is 54.9 Å². The van der Waals surface area contributed by atoms with E-state index in [1.807, 2.05) is 28.0 Å². The van der Waals surface area contributed by atoms with E-state index in [0.29, 0.717) is 43.4 Å². The highest BCUT2D eigenvalue weighted by Crippen LogP contribution is 2.28. The number of ether oxygens (including phenoxy) is 1. The molecule has 1 aliphatic carbocycles. The molecule has 26 heavy (non-hydrogen) atoms. The first-order valence-corrected chi connectivity index (χ1v) is 9.77. The molecule has 1 aromatic carbocycles. The van der Waals surface area contributed by atoms with Crippen LogP contribution in [0.4, 0.5) is 0 Å². The number of nitrogens with zero attached hydrogens (tertiary/aromatic N) is 2. The first-order valence-electron chi connectivity index (χ1n) is 9.77. The summed E-state index contributed by atoms with van der Waals surface area (Å²) in [5, 5.41) is 0. The Hall–Kier alpha value is -2.04. The third-order valence-electron chi connectivity index (χ3n) is 5.71. The molecule has 1 heterocycles. The fourth-order valence-electron chi connectivity index (χ4n) is 3.97. The second-order valence-electron chi connectivity index (χ2n) is 7.71. The van der Waals surface area contributed by atoms with Crippen molar-refractivity contribution in [2.75, 3.05) is 33.3 Å². The zero-order chi connectivity index (χ0) is 18.7. The van der Waals surface area contributed by atoms with E-state index in [1.54, 1.807) is 7.11 Å². The minimum atomic E-state index is -0.00915. The Labute approximate surface area is 156 Å². The quantitative estimate of drug-likeness (QED) is 0.830. The Bertz CT molecular complexity index is 657. The molecule has 0 aromatic heterocycles. The van der Waals surface area contributed by atoms with Crippen molar-refractivity contribution >= 4 is 11.8 Å². The van der Waals surface area contributed by atoms with Gasteiger partial charge in [0, 0.05) is 32.1 Å². The van der Waals surface area contributed by atoms with Gasteiger partial charge >= 0.3 is 0 Å². The molecule has 142 valence electrons. The number of piperazine rings is 1. The van der Waals surface area contributed by atoms with Crippen molar-refractivity contribution < 1.29 is 14.3 Å². The molecular weight excluding hydrogens is 328 g/mol. The normalized spacial score (nSPS) is 18.5. The predicted octanol–water partition coefficient (Wildman–Crippen LogP) is 3.29. The zero-order valence-corrected chi connectivity index (χ0v) is 16.2. The molecule has 2 aliphatic rings. The topological polar surface area (TPSA) is 49.9 Å². The second-order valence-corrected chi connectivity index (χ2v) is 7.71. The molecule has 0 N–H and O–H groups in total. The Morgan fingerprint density at radius 2 is 1.65 bits per heavy atom.